The van der Waals surface area contributed by atoms with Gasteiger partial charge in [-0.3, -0.25) is 9.59 Å². The number of aliphatic hydroxyl groups is 1. The minimum absolute atomic E-state index is 0.0699. The van der Waals surface area contributed by atoms with E-state index >= 15 is 0 Å². The quantitative estimate of drug-likeness (QED) is 0.294. The maximum atomic E-state index is 13.2. The number of ketones is 2. The molecule has 7 heteroatoms. The van der Waals surface area contributed by atoms with E-state index in [-0.39, 0.29) is 33.8 Å². The number of esters is 1. The molecular weight excluding hydrogens is 400 g/mol. The minimum atomic E-state index is -0.923. The highest BCUT2D eigenvalue weighted by atomic mass is 16.5. The van der Waals surface area contributed by atoms with Crippen molar-refractivity contribution in [3.63, 3.8) is 0 Å². The standard InChI is InChI=1S/C24H18O7/c1-2-3-4-5-18(27)31-24-20(15-8-12-17(26)13-9-15)22(29)21(28)19(23(24)30)14-6-10-16(25)11-7-14/h2-13,25-26,28H,1H3. The molecule has 0 atom stereocenters. The molecule has 2 aromatic carbocycles. The first-order valence-corrected chi connectivity index (χ1v) is 9.20. The molecule has 0 aliphatic heterocycles. The number of carbonyl (C=O) groups is 3. The first kappa shape index (κ1) is 21.3. The van der Waals surface area contributed by atoms with E-state index in [1.54, 1.807) is 19.1 Å². The van der Waals surface area contributed by atoms with E-state index in [1.165, 1.54) is 54.6 Å². The molecule has 1 aliphatic rings. The van der Waals surface area contributed by atoms with Gasteiger partial charge in [0.15, 0.2) is 11.5 Å². The van der Waals surface area contributed by atoms with E-state index in [2.05, 4.69) is 0 Å². The number of phenolic OH excluding ortho intramolecular Hbond substituents is 2. The zero-order valence-electron chi connectivity index (χ0n) is 16.4. The van der Waals surface area contributed by atoms with Crippen LogP contribution in [0.2, 0.25) is 0 Å². The molecule has 0 bridgehead atoms. The Bertz CT molecular complexity index is 1160. The molecule has 0 unspecified atom stereocenters. The van der Waals surface area contributed by atoms with Gasteiger partial charge in [-0.05, 0) is 42.3 Å². The van der Waals surface area contributed by atoms with E-state index in [1.807, 2.05) is 0 Å². The molecule has 7 nitrogen and oxygen atoms in total. The van der Waals surface area contributed by atoms with E-state index in [4.69, 9.17) is 4.74 Å². The van der Waals surface area contributed by atoms with Gasteiger partial charge in [0.2, 0.25) is 11.6 Å². The predicted molar refractivity (Wildman–Crippen MR) is 113 cm³/mol. The largest absolute Gasteiger partial charge is 0.508 e. The van der Waals surface area contributed by atoms with Crippen LogP contribution in [-0.2, 0) is 19.1 Å². The SMILES string of the molecule is CC=CC=CC(=O)OC1=C(c2ccc(O)cc2)C(=O)C(O)=C(c2ccc(O)cc2)C1=O. The summed E-state index contributed by atoms with van der Waals surface area (Å²) < 4.78 is 5.23. The van der Waals surface area contributed by atoms with E-state index in [9.17, 15) is 29.7 Å². The summed E-state index contributed by atoms with van der Waals surface area (Å²) >= 11 is 0. The fourth-order valence-electron chi connectivity index (χ4n) is 2.93. The molecule has 0 radical (unpaired) electrons. The van der Waals surface area contributed by atoms with Crippen molar-refractivity contribution >= 4 is 28.7 Å². The summed E-state index contributed by atoms with van der Waals surface area (Å²) in [5, 5.41) is 29.5. The highest BCUT2D eigenvalue weighted by molar-refractivity contribution is 6.47. The second-order valence-electron chi connectivity index (χ2n) is 6.49. The third-order valence-corrected chi connectivity index (χ3v) is 4.39. The molecule has 0 heterocycles. The van der Waals surface area contributed by atoms with E-state index in [0.29, 0.717) is 0 Å². The molecule has 2 aromatic rings. The van der Waals surface area contributed by atoms with Gasteiger partial charge in [0.1, 0.15) is 11.5 Å². The number of phenols is 2. The number of benzene rings is 2. The summed E-state index contributed by atoms with van der Waals surface area (Å²) in [6.45, 7) is 1.75. The van der Waals surface area contributed by atoms with E-state index in [0.717, 1.165) is 6.08 Å². The number of hydrogen-bond acceptors (Lipinski definition) is 7. The number of carbonyl (C=O) groups excluding carboxylic acids is 3. The summed E-state index contributed by atoms with van der Waals surface area (Å²) in [5.74, 6) is -4.20. The van der Waals surface area contributed by atoms with E-state index < -0.39 is 29.1 Å². The van der Waals surface area contributed by atoms with Gasteiger partial charge in [-0.2, -0.15) is 0 Å². The van der Waals surface area contributed by atoms with Gasteiger partial charge < -0.3 is 20.1 Å². The average molecular weight is 418 g/mol. The van der Waals surface area contributed by atoms with Crippen LogP contribution in [0.3, 0.4) is 0 Å². The van der Waals surface area contributed by atoms with Gasteiger partial charge >= 0.3 is 5.97 Å². The number of Topliss-reactive ketones (excluding diaryl/α,β-unsaturated/α-hetero) is 2. The molecule has 31 heavy (non-hydrogen) atoms. The Labute approximate surface area is 177 Å². The molecule has 0 fully saturated rings. The second kappa shape index (κ2) is 8.96. The Morgan fingerprint density at radius 3 is 1.81 bits per heavy atom. The topological polar surface area (TPSA) is 121 Å². The van der Waals surface area contributed by atoms with Crippen LogP contribution < -0.4 is 0 Å². The Balaban J connectivity index is 2.14. The minimum Gasteiger partial charge on any atom is -0.508 e. The highest BCUT2D eigenvalue weighted by Crippen LogP contribution is 2.36. The maximum Gasteiger partial charge on any atom is 0.336 e. The molecule has 3 N–H and O–H groups in total. The Morgan fingerprint density at radius 1 is 0.774 bits per heavy atom. The van der Waals surface area contributed by atoms with Crippen LogP contribution in [0.25, 0.3) is 11.1 Å². The maximum absolute atomic E-state index is 13.2. The molecule has 0 amide bonds. The molecule has 3 rings (SSSR count). The number of ether oxygens (including phenoxy) is 1. The van der Waals surface area contributed by atoms with Crippen LogP contribution in [0.1, 0.15) is 18.1 Å². The number of aliphatic hydroxyl groups excluding tert-OH is 1. The van der Waals surface area contributed by atoms with Gasteiger partial charge in [-0.15, -0.1) is 0 Å². The van der Waals surface area contributed by atoms with Crippen LogP contribution in [-0.4, -0.2) is 32.9 Å². The van der Waals surface area contributed by atoms with Crippen molar-refractivity contribution in [2.24, 2.45) is 0 Å². The Morgan fingerprint density at radius 2 is 1.29 bits per heavy atom. The lowest BCUT2D eigenvalue weighted by molar-refractivity contribution is -0.136. The molecule has 0 aromatic heterocycles. The fraction of sp³-hybridized carbons (Fsp3) is 0.0417. The average Bonchev–Trinajstić information content (AvgIpc) is 2.75. The summed E-state index contributed by atoms with van der Waals surface area (Å²) in [5.41, 5.74) is -0.324. The van der Waals surface area contributed by atoms with Gasteiger partial charge in [0.25, 0.3) is 0 Å². The molecule has 1 aliphatic carbocycles. The lowest BCUT2D eigenvalue weighted by atomic mass is 9.86. The van der Waals surface area contributed by atoms with Gasteiger partial charge in [0.05, 0.1) is 11.1 Å². The van der Waals surface area contributed by atoms with Gasteiger partial charge in [-0.1, -0.05) is 42.5 Å². The van der Waals surface area contributed by atoms with Crippen LogP contribution in [0, 0.1) is 0 Å². The summed E-state index contributed by atoms with van der Waals surface area (Å²) in [6.07, 6.45) is 5.76. The Kier molecular flexibility index (Phi) is 6.16. The highest BCUT2D eigenvalue weighted by Gasteiger charge is 2.38. The van der Waals surface area contributed by atoms with Crippen molar-refractivity contribution < 1.29 is 34.4 Å². The van der Waals surface area contributed by atoms with Crippen molar-refractivity contribution in [1.29, 1.82) is 0 Å². The van der Waals surface area contributed by atoms with Gasteiger partial charge in [0, 0.05) is 6.08 Å². The van der Waals surface area contributed by atoms with Crippen molar-refractivity contribution in [3.05, 3.63) is 95.5 Å². The number of hydrogen-bond donors (Lipinski definition) is 3. The lowest BCUT2D eigenvalue weighted by Crippen LogP contribution is -2.25. The monoisotopic (exact) mass is 418 g/mol. The molecular formula is C24H18O7. The van der Waals surface area contributed by atoms with Crippen molar-refractivity contribution in [2.75, 3.05) is 0 Å². The number of aromatic hydroxyl groups is 2. The fourth-order valence-corrected chi connectivity index (χ4v) is 2.93. The third-order valence-electron chi connectivity index (χ3n) is 4.39. The second-order valence-corrected chi connectivity index (χ2v) is 6.49. The summed E-state index contributed by atoms with van der Waals surface area (Å²) in [7, 11) is 0. The van der Waals surface area contributed by atoms with Crippen molar-refractivity contribution in [2.45, 2.75) is 6.92 Å². The Hall–Kier alpha value is -4.39. The van der Waals surface area contributed by atoms with Crippen LogP contribution in [0.15, 0.2) is 84.4 Å². The molecule has 0 spiro atoms. The first-order valence-electron chi connectivity index (χ1n) is 9.20. The third kappa shape index (κ3) is 4.45. The normalized spacial score (nSPS) is 14.7. The molecule has 0 saturated heterocycles. The molecule has 156 valence electrons. The molecule has 0 saturated carbocycles. The van der Waals surface area contributed by atoms with Crippen LogP contribution in [0.5, 0.6) is 11.5 Å². The van der Waals surface area contributed by atoms with Crippen LogP contribution >= 0.6 is 0 Å². The van der Waals surface area contributed by atoms with Crippen molar-refractivity contribution in [3.8, 4) is 11.5 Å². The smallest absolute Gasteiger partial charge is 0.336 e. The van der Waals surface area contributed by atoms with Crippen LogP contribution in [0.4, 0.5) is 0 Å². The number of rotatable bonds is 5. The number of allylic oxidation sites excluding steroid dienone is 5. The lowest BCUT2D eigenvalue weighted by Gasteiger charge is -2.21. The summed E-state index contributed by atoms with van der Waals surface area (Å²) in [4.78, 5) is 38.5. The van der Waals surface area contributed by atoms with Crippen molar-refractivity contribution in [1.82, 2.24) is 0 Å². The van der Waals surface area contributed by atoms with Gasteiger partial charge in [-0.25, -0.2) is 4.79 Å². The summed E-state index contributed by atoms with van der Waals surface area (Å²) in [6, 6.07) is 10.6. The zero-order valence-corrected chi connectivity index (χ0v) is 16.4. The zero-order chi connectivity index (χ0) is 22.5. The predicted octanol–water partition coefficient (Wildman–Crippen LogP) is 3.61. The first-order chi connectivity index (χ1) is 14.8.